The van der Waals surface area contributed by atoms with Crippen LogP contribution in [0.3, 0.4) is 0 Å². The Balaban J connectivity index is 1.86. The second kappa shape index (κ2) is 6.68. The van der Waals surface area contributed by atoms with E-state index in [4.69, 9.17) is 14.2 Å². The predicted molar refractivity (Wildman–Crippen MR) is 87.4 cm³/mol. The minimum absolute atomic E-state index is 0.0731. The molecule has 1 aromatic rings. The molecule has 0 aliphatic carbocycles. The highest BCUT2D eigenvalue weighted by Crippen LogP contribution is 2.40. The van der Waals surface area contributed by atoms with Crippen LogP contribution in [0.4, 0.5) is 5.69 Å². The first kappa shape index (κ1) is 16.6. The van der Waals surface area contributed by atoms with Gasteiger partial charge in [0, 0.05) is 31.8 Å². The van der Waals surface area contributed by atoms with Gasteiger partial charge in [-0.3, -0.25) is 14.5 Å². The minimum atomic E-state index is -0.922. The van der Waals surface area contributed by atoms with Crippen LogP contribution in [0.2, 0.25) is 0 Å². The van der Waals surface area contributed by atoms with Crippen molar-refractivity contribution in [2.45, 2.75) is 25.3 Å². The van der Waals surface area contributed by atoms with Crippen LogP contribution < -0.4 is 19.7 Å². The van der Waals surface area contributed by atoms with E-state index in [1.807, 2.05) is 0 Å². The Labute approximate surface area is 140 Å². The lowest BCUT2D eigenvalue weighted by Gasteiger charge is -2.34. The third-order valence-corrected chi connectivity index (χ3v) is 4.43. The van der Waals surface area contributed by atoms with Gasteiger partial charge in [0.25, 0.3) is 0 Å². The highest BCUT2D eigenvalue weighted by Gasteiger charge is 2.48. The summed E-state index contributed by atoms with van der Waals surface area (Å²) >= 11 is 0. The molecule has 0 radical (unpaired) electrons. The number of methoxy groups -OCH3 is 1. The fourth-order valence-corrected chi connectivity index (χ4v) is 3.12. The zero-order chi connectivity index (χ0) is 17.2. The summed E-state index contributed by atoms with van der Waals surface area (Å²) in [6.07, 6.45) is 0.807. The molecule has 1 N–H and O–H groups in total. The fourth-order valence-electron chi connectivity index (χ4n) is 3.12. The van der Waals surface area contributed by atoms with E-state index in [-0.39, 0.29) is 11.8 Å². The number of fused-ring (bicyclic) bond motifs is 1. The van der Waals surface area contributed by atoms with Crippen molar-refractivity contribution in [3.63, 3.8) is 0 Å². The zero-order valence-corrected chi connectivity index (χ0v) is 14.0. The summed E-state index contributed by atoms with van der Waals surface area (Å²) in [5.41, 5.74) is -0.277. The first-order chi connectivity index (χ1) is 11.6. The molecular formula is C17H22N2O5. The molecule has 130 valence electrons. The molecule has 2 amide bonds. The Morgan fingerprint density at radius 2 is 2.08 bits per heavy atom. The Morgan fingerprint density at radius 3 is 2.83 bits per heavy atom. The van der Waals surface area contributed by atoms with Gasteiger partial charge in [0.05, 0.1) is 6.61 Å². The van der Waals surface area contributed by atoms with E-state index < -0.39 is 5.54 Å². The number of ether oxygens (including phenoxy) is 3. The minimum Gasteiger partial charge on any atom is -0.486 e. The Bertz CT molecular complexity index is 648. The highest BCUT2D eigenvalue weighted by molar-refractivity contribution is 6.06. The van der Waals surface area contributed by atoms with Gasteiger partial charge in [0.1, 0.15) is 18.8 Å². The summed E-state index contributed by atoms with van der Waals surface area (Å²) in [6, 6.07) is 5.33. The number of anilines is 1. The first-order valence-electron chi connectivity index (χ1n) is 8.06. The van der Waals surface area contributed by atoms with Gasteiger partial charge in [-0.1, -0.05) is 0 Å². The van der Waals surface area contributed by atoms with Gasteiger partial charge >= 0.3 is 0 Å². The number of carbonyl (C=O) groups is 2. The molecule has 7 heteroatoms. The maximum Gasteiger partial charge on any atom is 0.246 e. The van der Waals surface area contributed by atoms with Gasteiger partial charge in [-0.05, 0) is 25.5 Å². The fraction of sp³-hybridized carbons (Fsp3) is 0.529. The largest absolute Gasteiger partial charge is 0.486 e. The maximum atomic E-state index is 12.6. The van der Waals surface area contributed by atoms with E-state index in [2.05, 4.69) is 5.32 Å². The number of hydrogen-bond acceptors (Lipinski definition) is 5. The summed E-state index contributed by atoms with van der Waals surface area (Å²) in [7, 11) is 1.58. The van der Waals surface area contributed by atoms with E-state index in [0.717, 1.165) is 0 Å². The van der Waals surface area contributed by atoms with Crippen molar-refractivity contribution >= 4 is 17.5 Å². The van der Waals surface area contributed by atoms with Crippen molar-refractivity contribution in [1.82, 2.24) is 5.32 Å². The zero-order valence-electron chi connectivity index (χ0n) is 14.0. The van der Waals surface area contributed by atoms with Crippen LogP contribution >= 0.6 is 0 Å². The Hall–Kier alpha value is -2.28. The SMILES string of the molecule is COCCNC(=O)C1(C)CCC(=O)N1c1ccc2c(c1)OCCO2. The van der Waals surface area contributed by atoms with Crippen molar-refractivity contribution in [1.29, 1.82) is 0 Å². The van der Waals surface area contributed by atoms with Gasteiger partial charge < -0.3 is 19.5 Å². The lowest BCUT2D eigenvalue weighted by Crippen LogP contribution is -2.55. The molecule has 2 aliphatic heterocycles. The third kappa shape index (κ3) is 2.91. The average molecular weight is 334 g/mol. The van der Waals surface area contributed by atoms with Crippen LogP contribution in [0.25, 0.3) is 0 Å². The molecule has 0 aromatic heterocycles. The molecule has 3 rings (SSSR count). The Morgan fingerprint density at radius 1 is 1.33 bits per heavy atom. The molecule has 7 nitrogen and oxygen atoms in total. The van der Waals surface area contributed by atoms with Gasteiger partial charge in [0.2, 0.25) is 11.8 Å². The third-order valence-electron chi connectivity index (χ3n) is 4.43. The predicted octanol–water partition coefficient (Wildman–Crippen LogP) is 1.11. The number of nitrogens with one attached hydrogen (secondary N) is 1. The average Bonchev–Trinajstić information content (AvgIpc) is 2.90. The van der Waals surface area contributed by atoms with Crippen molar-refractivity contribution in [2.75, 3.05) is 38.4 Å². The number of nitrogens with zero attached hydrogens (tertiary/aromatic N) is 1. The molecule has 2 aliphatic rings. The molecule has 1 saturated heterocycles. The molecule has 2 heterocycles. The van der Waals surface area contributed by atoms with Gasteiger partial charge in [-0.25, -0.2) is 0 Å². The normalized spacial score (nSPS) is 22.6. The summed E-state index contributed by atoms with van der Waals surface area (Å²) in [5, 5.41) is 2.83. The van der Waals surface area contributed by atoms with Gasteiger partial charge in [-0.15, -0.1) is 0 Å². The van der Waals surface area contributed by atoms with Crippen LogP contribution in [0.5, 0.6) is 11.5 Å². The summed E-state index contributed by atoms with van der Waals surface area (Å²) in [4.78, 5) is 26.6. The van der Waals surface area contributed by atoms with E-state index in [1.54, 1.807) is 37.1 Å². The molecule has 0 bridgehead atoms. The number of rotatable bonds is 5. The van der Waals surface area contributed by atoms with Crippen molar-refractivity contribution in [3.05, 3.63) is 18.2 Å². The number of benzene rings is 1. The number of amides is 2. The van der Waals surface area contributed by atoms with E-state index >= 15 is 0 Å². The summed E-state index contributed by atoms with van der Waals surface area (Å²) < 4.78 is 16.1. The summed E-state index contributed by atoms with van der Waals surface area (Å²) in [6.45, 7) is 3.61. The molecule has 0 spiro atoms. The molecule has 1 fully saturated rings. The topological polar surface area (TPSA) is 77.1 Å². The smallest absolute Gasteiger partial charge is 0.246 e. The molecular weight excluding hydrogens is 312 g/mol. The van der Waals surface area contributed by atoms with Crippen LogP contribution in [0.15, 0.2) is 18.2 Å². The maximum absolute atomic E-state index is 12.6. The van der Waals surface area contributed by atoms with Crippen molar-refractivity contribution < 1.29 is 23.8 Å². The van der Waals surface area contributed by atoms with E-state index in [1.165, 1.54) is 0 Å². The molecule has 1 unspecified atom stereocenters. The van der Waals surface area contributed by atoms with Crippen molar-refractivity contribution in [3.8, 4) is 11.5 Å². The summed E-state index contributed by atoms with van der Waals surface area (Å²) in [5.74, 6) is 1.000. The van der Waals surface area contributed by atoms with Gasteiger partial charge in [-0.2, -0.15) is 0 Å². The molecule has 1 atom stereocenters. The van der Waals surface area contributed by atoms with E-state index in [9.17, 15) is 9.59 Å². The molecule has 0 saturated carbocycles. The van der Waals surface area contributed by atoms with E-state index in [0.29, 0.717) is 56.4 Å². The number of hydrogen-bond donors (Lipinski definition) is 1. The van der Waals surface area contributed by atoms with Crippen LogP contribution in [-0.4, -0.2) is 50.8 Å². The van der Waals surface area contributed by atoms with Crippen LogP contribution in [0.1, 0.15) is 19.8 Å². The second-order valence-corrected chi connectivity index (χ2v) is 6.08. The highest BCUT2D eigenvalue weighted by atomic mass is 16.6. The quantitative estimate of drug-likeness (QED) is 0.816. The molecule has 24 heavy (non-hydrogen) atoms. The number of carbonyl (C=O) groups excluding carboxylic acids is 2. The second-order valence-electron chi connectivity index (χ2n) is 6.08. The lowest BCUT2D eigenvalue weighted by atomic mass is 9.97. The van der Waals surface area contributed by atoms with Crippen LogP contribution in [0, 0.1) is 0 Å². The first-order valence-corrected chi connectivity index (χ1v) is 8.06. The van der Waals surface area contributed by atoms with Crippen molar-refractivity contribution in [2.24, 2.45) is 0 Å². The lowest BCUT2D eigenvalue weighted by molar-refractivity contribution is -0.127. The molecule has 1 aromatic carbocycles. The van der Waals surface area contributed by atoms with Crippen LogP contribution in [-0.2, 0) is 14.3 Å². The Kier molecular flexibility index (Phi) is 4.62. The monoisotopic (exact) mass is 334 g/mol. The van der Waals surface area contributed by atoms with Gasteiger partial charge in [0.15, 0.2) is 11.5 Å². The standard InChI is InChI=1S/C17H22N2O5/c1-17(16(21)18-7-8-22-2)6-5-15(20)19(17)12-3-4-13-14(11-12)24-10-9-23-13/h3-4,11H,5-10H2,1-2H3,(H,18,21).